The number of fused-ring (bicyclic) bond motifs is 4. The minimum Gasteiger partial charge on any atom is -0.483 e. The van der Waals surface area contributed by atoms with Gasteiger partial charge in [-0.1, -0.05) is 42.5 Å². The number of nitrogens with zero attached hydrogens (tertiary/aromatic N) is 2. The Labute approximate surface area is 234 Å². The molecule has 3 atom stereocenters. The van der Waals surface area contributed by atoms with Crippen molar-refractivity contribution < 1.29 is 32.2 Å². The van der Waals surface area contributed by atoms with E-state index >= 15 is 0 Å². The number of carbonyl (C=O) groups is 2. The van der Waals surface area contributed by atoms with E-state index in [2.05, 4.69) is 5.32 Å². The Kier molecular flexibility index (Phi) is 7.98. The van der Waals surface area contributed by atoms with Crippen LogP contribution in [-0.4, -0.2) is 46.6 Å². The number of carbonyl (C=O) groups excluding carboxylic acids is 2. The molecule has 5 rings (SSSR count). The van der Waals surface area contributed by atoms with Crippen LogP contribution in [0.15, 0.2) is 65.6 Å². The van der Waals surface area contributed by atoms with E-state index in [0.29, 0.717) is 18.7 Å². The highest BCUT2D eigenvalue weighted by atomic mass is 19.1. The van der Waals surface area contributed by atoms with E-state index in [4.69, 9.17) is 9.47 Å². The van der Waals surface area contributed by atoms with Crippen LogP contribution in [0.2, 0.25) is 0 Å². The normalized spacial score (nSPS) is 19.5. The summed E-state index contributed by atoms with van der Waals surface area (Å²) in [5, 5.41) is 2.34. The minimum absolute atomic E-state index is 0.0189. The molecule has 0 saturated carbocycles. The molecule has 3 heterocycles. The molecule has 11 heteroatoms. The van der Waals surface area contributed by atoms with Gasteiger partial charge < -0.3 is 24.3 Å². The van der Waals surface area contributed by atoms with Gasteiger partial charge in [-0.2, -0.15) is 0 Å². The highest BCUT2D eigenvalue weighted by Crippen LogP contribution is 2.34. The highest BCUT2D eigenvalue weighted by molar-refractivity contribution is 5.99. The first-order chi connectivity index (χ1) is 19.7. The first-order valence-electron chi connectivity index (χ1n) is 13.2. The van der Waals surface area contributed by atoms with Crippen molar-refractivity contribution >= 4 is 11.8 Å². The third-order valence-electron chi connectivity index (χ3n) is 7.21. The number of nitrogens with one attached hydrogen (secondary N) is 1. The van der Waals surface area contributed by atoms with Gasteiger partial charge in [0.05, 0.1) is 12.1 Å². The number of amides is 2. The van der Waals surface area contributed by atoms with Crippen LogP contribution in [0.5, 0.6) is 5.75 Å². The Balaban J connectivity index is 1.59. The Morgan fingerprint density at radius 2 is 1.78 bits per heavy atom. The quantitative estimate of drug-likeness (QED) is 0.414. The van der Waals surface area contributed by atoms with Crippen LogP contribution in [0, 0.1) is 17.5 Å². The summed E-state index contributed by atoms with van der Waals surface area (Å²) in [7, 11) is 0. The lowest BCUT2D eigenvalue weighted by atomic mass is 10.0. The molecular weight excluding hydrogens is 539 g/mol. The Morgan fingerprint density at radius 1 is 1.07 bits per heavy atom. The summed E-state index contributed by atoms with van der Waals surface area (Å²) in [5.41, 5.74) is -1.10. The second kappa shape index (κ2) is 11.6. The van der Waals surface area contributed by atoms with Crippen molar-refractivity contribution in [2.45, 2.75) is 45.2 Å². The maximum Gasteiger partial charge on any atom is 0.275 e. The molecule has 2 aliphatic heterocycles. The third kappa shape index (κ3) is 5.49. The molecule has 41 heavy (non-hydrogen) atoms. The number of benzene rings is 2. The number of aromatic nitrogens is 1. The lowest BCUT2D eigenvalue weighted by Gasteiger charge is -2.39. The van der Waals surface area contributed by atoms with Crippen molar-refractivity contribution in [3.63, 3.8) is 0 Å². The van der Waals surface area contributed by atoms with Gasteiger partial charge in [0.2, 0.25) is 5.43 Å². The van der Waals surface area contributed by atoms with E-state index in [1.807, 2.05) is 32.1 Å². The van der Waals surface area contributed by atoms with Crippen LogP contribution in [0.1, 0.15) is 51.9 Å². The van der Waals surface area contributed by atoms with Gasteiger partial charge >= 0.3 is 0 Å². The number of hydrogen-bond acceptors (Lipinski definition) is 5. The van der Waals surface area contributed by atoms with E-state index < -0.39 is 64.5 Å². The van der Waals surface area contributed by atoms with Gasteiger partial charge in [0.1, 0.15) is 29.6 Å². The number of halogens is 3. The summed E-state index contributed by atoms with van der Waals surface area (Å²) in [6.45, 7) is 3.62. The summed E-state index contributed by atoms with van der Waals surface area (Å²) in [4.78, 5) is 42.3. The summed E-state index contributed by atoms with van der Waals surface area (Å²) >= 11 is 0. The van der Waals surface area contributed by atoms with Crippen molar-refractivity contribution in [1.29, 1.82) is 0 Å². The Hall–Kier alpha value is -4.38. The molecule has 2 bridgehead atoms. The lowest BCUT2D eigenvalue weighted by molar-refractivity contribution is 0.0293. The summed E-state index contributed by atoms with van der Waals surface area (Å²) < 4.78 is 55.1. The molecule has 0 aliphatic carbocycles. The molecular formula is C30H28F3N3O5. The van der Waals surface area contributed by atoms with Crippen LogP contribution in [0.4, 0.5) is 13.2 Å². The van der Waals surface area contributed by atoms with Gasteiger partial charge in [0.15, 0.2) is 11.4 Å². The fraction of sp³-hybridized carbons (Fsp3) is 0.300. The van der Waals surface area contributed by atoms with Crippen molar-refractivity contribution in [3.8, 4) is 5.75 Å². The molecule has 2 aliphatic rings. The second-order valence-corrected chi connectivity index (χ2v) is 9.83. The Bertz CT molecular complexity index is 1550. The summed E-state index contributed by atoms with van der Waals surface area (Å²) in [5.74, 6) is -5.17. The maximum atomic E-state index is 14.2. The fourth-order valence-electron chi connectivity index (χ4n) is 5.09. The average molecular weight is 568 g/mol. The highest BCUT2D eigenvalue weighted by Gasteiger charge is 2.41. The average Bonchev–Trinajstić information content (AvgIpc) is 3.08. The number of pyridine rings is 1. The van der Waals surface area contributed by atoms with E-state index in [0.717, 1.165) is 5.56 Å². The molecule has 0 fully saturated rings. The SMILES string of the molecule is CCO[C@H]1C=C[C@H](C)N2CC1n1cc(C(=O)NCc3c(F)cc(F)cc3F)c(=O)c(OCc3ccccc3)c1C2=O. The number of hydrogen-bond donors (Lipinski definition) is 1. The zero-order valence-electron chi connectivity index (χ0n) is 22.4. The zero-order chi connectivity index (χ0) is 29.3. The molecule has 2 aromatic carbocycles. The smallest absolute Gasteiger partial charge is 0.275 e. The molecule has 8 nitrogen and oxygen atoms in total. The summed E-state index contributed by atoms with van der Waals surface area (Å²) in [6.07, 6.45) is 4.48. The fourth-order valence-corrected chi connectivity index (χ4v) is 5.09. The second-order valence-electron chi connectivity index (χ2n) is 9.83. The van der Waals surface area contributed by atoms with E-state index in [1.54, 1.807) is 29.2 Å². The number of ether oxygens (including phenoxy) is 2. The Morgan fingerprint density at radius 3 is 2.46 bits per heavy atom. The predicted octanol–water partition coefficient (Wildman–Crippen LogP) is 4.13. The van der Waals surface area contributed by atoms with Gasteiger partial charge in [-0.3, -0.25) is 14.4 Å². The maximum absolute atomic E-state index is 14.2. The zero-order valence-corrected chi connectivity index (χ0v) is 22.4. The number of rotatable bonds is 8. The van der Waals surface area contributed by atoms with Crippen LogP contribution >= 0.6 is 0 Å². The standard InChI is InChI=1S/C30H28F3N3O5/c1-3-40-25-10-9-17(2)35-15-24(25)36-14-21(29(38)34-13-20-22(32)11-19(31)12-23(20)33)27(37)28(26(36)30(35)39)41-16-18-7-5-4-6-8-18/h4-12,14,17,24-25H,3,13,15-16H2,1-2H3,(H,34,38)/t17-,24?,25-/m0/s1. The van der Waals surface area contributed by atoms with Gasteiger partial charge in [0.25, 0.3) is 11.8 Å². The molecule has 0 spiro atoms. The topological polar surface area (TPSA) is 89.9 Å². The van der Waals surface area contributed by atoms with Crippen molar-refractivity contribution in [1.82, 2.24) is 14.8 Å². The van der Waals surface area contributed by atoms with Gasteiger partial charge in [0, 0.05) is 49.6 Å². The molecule has 1 unspecified atom stereocenters. The van der Waals surface area contributed by atoms with Crippen LogP contribution in [-0.2, 0) is 17.9 Å². The molecule has 0 saturated heterocycles. The largest absolute Gasteiger partial charge is 0.483 e. The van der Waals surface area contributed by atoms with Crippen molar-refractivity contribution in [3.05, 3.63) is 111 Å². The minimum atomic E-state index is -1.18. The van der Waals surface area contributed by atoms with Crippen LogP contribution in [0.3, 0.4) is 0 Å². The molecule has 0 radical (unpaired) electrons. The first kappa shape index (κ1) is 28.2. The van der Waals surface area contributed by atoms with Crippen LogP contribution in [0.25, 0.3) is 0 Å². The van der Waals surface area contributed by atoms with Gasteiger partial charge in [-0.05, 0) is 19.4 Å². The molecule has 3 aromatic rings. The monoisotopic (exact) mass is 567 g/mol. The molecule has 2 amide bonds. The van der Waals surface area contributed by atoms with E-state index in [9.17, 15) is 27.6 Å². The van der Waals surface area contributed by atoms with Gasteiger partial charge in [-0.15, -0.1) is 0 Å². The third-order valence-corrected chi connectivity index (χ3v) is 7.21. The predicted molar refractivity (Wildman–Crippen MR) is 143 cm³/mol. The molecule has 1 N–H and O–H groups in total. The van der Waals surface area contributed by atoms with Crippen molar-refractivity contribution in [2.24, 2.45) is 0 Å². The first-order valence-corrected chi connectivity index (χ1v) is 13.2. The summed E-state index contributed by atoms with van der Waals surface area (Å²) in [6, 6.07) is 9.20. The van der Waals surface area contributed by atoms with Gasteiger partial charge in [-0.25, -0.2) is 13.2 Å². The van der Waals surface area contributed by atoms with Crippen LogP contribution < -0.4 is 15.5 Å². The molecule has 1 aromatic heterocycles. The lowest BCUT2D eigenvalue weighted by Crippen LogP contribution is -2.50. The van der Waals surface area contributed by atoms with Crippen molar-refractivity contribution in [2.75, 3.05) is 13.2 Å². The van der Waals surface area contributed by atoms with E-state index in [1.165, 1.54) is 10.8 Å². The van der Waals surface area contributed by atoms with E-state index in [-0.39, 0.29) is 30.6 Å². The molecule has 214 valence electrons.